The van der Waals surface area contributed by atoms with Gasteiger partial charge in [0.2, 0.25) is 17.6 Å². The highest BCUT2D eigenvalue weighted by molar-refractivity contribution is 6.06. The molecule has 0 aliphatic carbocycles. The first kappa shape index (κ1) is 26.3. The minimum atomic E-state index is -3.01. The number of furan rings is 1. The van der Waals surface area contributed by atoms with Crippen LogP contribution in [0.1, 0.15) is 35.7 Å². The van der Waals surface area contributed by atoms with Crippen LogP contribution in [0.3, 0.4) is 0 Å². The molecule has 3 aromatic rings. The Bertz CT molecular complexity index is 1510. The number of fused-ring (bicyclic) bond motifs is 3. The van der Waals surface area contributed by atoms with Crippen LogP contribution >= 0.6 is 0 Å². The Labute approximate surface area is 221 Å². The molecule has 2 aliphatic heterocycles. The van der Waals surface area contributed by atoms with Gasteiger partial charge in [-0.2, -0.15) is 0 Å². The molecule has 1 atom stereocenters. The van der Waals surface area contributed by atoms with Crippen molar-refractivity contribution in [3.63, 3.8) is 0 Å². The summed E-state index contributed by atoms with van der Waals surface area (Å²) in [7, 11) is 0. The molecule has 5 rings (SSSR count). The average Bonchev–Trinajstić information content (AvgIpc) is 3.20. The molecule has 204 valence electrons. The van der Waals surface area contributed by atoms with Crippen molar-refractivity contribution in [1.82, 2.24) is 20.1 Å². The van der Waals surface area contributed by atoms with Crippen molar-refractivity contribution in [2.45, 2.75) is 31.9 Å². The number of rotatable bonds is 6. The molecule has 1 N–H and O–H groups in total. The van der Waals surface area contributed by atoms with Crippen LogP contribution < -0.4 is 10.1 Å². The van der Waals surface area contributed by atoms with Crippen molar-refractivity contribution in [1.29, 1.82) is 0 Å². The fourth-order valence-corrected chi connectivity index (χ4v) is 4.65. The van der Waals surface area contributed by atoms with Crippen LogP contribution in [0.5, 0.6) is 5.75 Å². The monoisotopic (exact) mass is 542 g/mol. The number of amides is 3. The Kier molecular flexibility index (Phi) is 6.36. The molecule has 9 nitrogen and oxygen atoms in total. The van der Waals surface area contributed by atoms with Crippen LogP contribution in [0, 0.1) is 5.82 Å². The topological polar surface area (TPSA) is 105 Å². The zero-order valence-corrected chi connectivity index (χ0v) is 21.2. The van der Waals surface area contributed by atoms with E-state index in [1.807, 2.05) is 0 Å². The normalized spacial score (nSPS) is 20.1. The van der Waals surface area contributed by atoms with E-state index >= 15 is 0 Å². The molecule has 1 aromatic carbocycles. The largest absolute Gasteiger partial charge is 0.486 e. The first-order chi connectivity index (χ1) is 18.4. The molecule has 0 bridgehead atoms. The summed E-state index contributed by atoms with van der Waals surface area (Å²) in [5.74, 6) is -6.35. The van der Waals surface area contributed by atoms with E-state index < -0.39 is 61.2 Å². The number of likely N-dealkylation sites (tertiary alicyclic amines) is 1. The van der Waals surface area contributed by atoms with Crippen LogP contribution in [-0.4, -0.2) is 70.2 Å². The summed E-state index contributed by atoms with van der Waals surface area (Å²) in [5, 5.41) is 2.92. The third-order valence-electron chi connectivity index (χ3n) is 6.88. The van der Waals surface area contributed by atoms with Gasteiger partial charge in [0.05, 0.1) is 30.7 Å². The lowest BCUT2D eigenvalue weighted by atomic mass is 9.98. The number of allylic oxidation sites excluding steroid dienone is 1. The molecule has 1 fully saturated rings. The number of ether oxygens (including phenoxy) is 1. The summed E-state index contributed by atoms with van der Waals surface area (Å²) < 4.78 is 52.4. The molecule has 4 heterocycles. The lowest BCUT2D eigenvalue weighted by Crippen LogP contribution is -2.65. The highest BCUT2D eigenvalue weighted by atomic mass is 19.3. The molecule has 2 aromatic heterocycles. The third-order valence-corrected chi connectivity index (χ3v) is 6.88. The fourth-order valence-electron chi connectivity index (χ4n) is 4.65. The summed E-state index contributed by atoms with van der Waals surface area (Å²) >= 11 is 0. The van der Waals surface area contributed by atoms with Crippen molar-refractivity contribution in [3.05, 3.63) is 65.9 Å². The van der Waals surface area contributed by atoms with Crippen molar-refractivity contribution < 1.29 is 36.7 Å². The molecular formula is C27H25F3N4O5. The van der Waals surface area contributed by atoms with Gasteiger partial charge in [-0.1, -0.05) is 12.6 Å². The van der Waals surface area contributed by atoms with E-state index in [0.29, 0.717) is 5.69 Å². The highest BCUT2D eigenvalue weighted by Gasteiger charge is 2.51. The third kappa shape index (κ3) is 4.70. The van der Waals surface area contributed by atoms with Crippen LogP contribution in [0.25, 0.3) is 16.5 Å². The summed E-state index contributed by atoms with van der Waals surface area (Å²) in [4.78, 5) is 46.4. The molecule has 0 spiro atoms. The number of aromatic nitrogens is 1. The summed E-state index contributed by atoms with van der Waals surface area (Å²) in [6.07, 6.45) is 1.56. The van der Waals surface area contributed by atoms with E-state index in [0.717, 1.165) is 33.1 Å². The van der Waals surface area contributed by atoms with Crippen LogP contribution in [-0.2, 0) is 16.1 Å². The number of hydrogen-bond acceptors (Lipinski definition) is 6. The minimum absolute atomic E-state index is 0.0243. The Hall–Kier alpha value is -4.35. The van der Waals surface area contributed by atoms with Crippen LogP contribution in [0.4, 0.5) is 13.2 Å². The van der Waals surface area contributed by atoms with Gasteiger partial charge < -0.3 is 24.3 Å². The first-order valence-corrected chi connectivity index (χ1v) is 12.1. The number of pyridine rings is 1. The Morgan fingerprint density at radius 3 is 2.67 bits per heavy atom. The van der Waals surface area contributed by atoms with Crippen LogP contribution in [0.15, 0.2) is 47.5 Å². The van der Waals surface area contributed by atoms with E-state index in [1.54, 1.807) is 25.3 Å². The van der Waals surface area contributed by atoms with E-state index in [1.165, 1.54) is 13.0 Å². The van der Waals surface area contributed by atoms with Gasteiger partial charge in [-0.05, 0) is 43.7 Å². The van der Waals surface area contributed by atoms with Crippen molar-refractivity contribution in [2.24, 2.45) is 0 Å². The van der Waals surface area contributed by atoms with Crippen molar-refractivity contribution in [2.75, 3.05) is 26.2 Å². The molecule has 3 amide bonds. The Balaban J connectivity index is 1.48. The Morgan fingerprint density at radius 2 is 1.97 bits per heavy atom. The lowest BCUT2D eigenvalue weighted by molar-refractivity contribution is -0.167. The number of hydrogen-bond donors (Lipinski definition) is 1. The quantitative estimate of drug-likeness (QED) is 0.512. The number of carbonyl (C=O) groups is 3. The average molecular weight is 543 g/mol. The van der Waals surface area contributed by atoms with Gasteiger partial charge in [0.25, 0.3) is 11.8 Å². The smallest absolute Gasteiger partial charge is 0.295 e. The predicted molar refractivity (Wildman–Crippen MR) is 133 cm³/mol. The highest BCUT2D eigenvalue weighted by Crippen LogP contribution is 2.39. The molecule has 0 unspecified atom stereocenters. The van der Waals surface area contributed by atoms with Crippen molar-refractivity contribution >= 4 is 34.3 Å². The second kappa shape index (κ2) is 9.44. The van der Waals surface area contributed by atoms with E-state index in [2.05, 4.69) is 16.9 Å². The Morgan fingerprint density at radius 1 is 1.23 bits per heavy atom. The number of alkyl halides is 2. The number of nitrogens with zero attached hydrogens (tertiary/aromatic N) is 3. The number of carbonyl (C=O) groups excluding carboxylic acids is 3. The minimum Gasteiger partial charge on any atom is -0.486 e. The van der Waals surface area contributed by atoms with Crippen molar-refractivity contribution in [3.8, 4) is 5.75 Å². The molecule has 0 radical (unpaired) electrons. The van der Waals surface area contributed by atoms with E-state index in [-0.39, 0.29) is 29.0 Å². The number of halogens is 3. The van der Waals surface area contributed by atoms with Crippen LogP contribution in [0.2, 0.25) is 0 Å². The molecular weight excluding hydrogens is 517 g/mol. The molecule has 12 heteroatoms. The molecule has 2 aliphatic rings. The van der Waals surface area contributed by atoms with Gasteiger partial charge in [-0.3, -0.25) is 19.4 Å². The second-order valence-corrected chi connectivity index (χ2v) is 9.92. The van der Waals surface area contributed by atoms with Gasteiger partial charge >= 0.3 is 0 Å². The SMILES string of the molecule is C=C(C)c1cccnc1CNC(=O)[C@@]1(C)COc2c(oc3ccc(F)cc23)C(=O)N1CC(=O)N1CC(F)(F)C1. The maximum absolute atomic E-state index is 14.0. The van der Waals surface area contributed by atoms with E-state index in [9.17, 15) is 27.6 Å². The molecule has 39 heavy (non-hydrogen) atoms. The zero-order valence-electron chi connectivity index (χ0n) is 21.2. The van der Waals surface area contributed by atoms with Gasteiger partial charge in [-0.25, -0.2) is 13.2 Å². The van der Waals surface area contributed by atoms with Gasteiger partial charge in [0.15, 0.2) is 11.3 Å². The maximum Gasteiger partial charge on any atom is 0.295 e. The fraction of sp³-hybridized carbons (Fsp3) is 0.333. The summed E-state index contributed by atoms with van der Waals surface area (Å²) in [6, 6.07) is 7.13. The summed E-state index contributed by atoms with van der Waals surface area (Å²) in [6.45, 7) is 4.39. The lowest BCUT2D eigenvalue weighted by Gasteiger charge is -2.42. The summed E-state index contributed by atoms with van der Waals surface area (Å²) in [5.41, 5.74) is 0.378. The first-order valence-electron chi connectivity index (χ1n) is 12.1. The van der Waals surface area contributed by atoms with E-state index in [4.69, 9.17) is 9.15 Å². The predicted octanol–water partition coefficient (Wildman–Crippen LogP) is 3.39. The van der Waals surface area contributed by atoms with Gasteiger partial charge in [-0.15, -0.1) is 0 Å². The van der Waals surface area contributed by atoms with Gasteiger partial charge in [0, 0.05) is 11.8 Å². The van der Waals surface area contributed by atoms with Gasteiger partial charge in [0.1, 0.15) is 24.6 Å². The second-order valence-electron chi connectivity index (χ2n) is 9.92. The number of benzene rings is 1. The molecule has 1 saturated heterocycles. The number of nitrogens with one attached hydrogen (secondary N) is 1. The maximum atomic E-state index is 14.0. The molecule has 0 saturated carbocycles. The standard InChI is InChI=1S/C27H25F3N4O5/c1-15(2)17-5-4-8-31-19(17)10-32-25(37)26(3)14-38-22-18-9-16(28)6-7-20(18)39-23(22)24(36)34(26)11-21(35)33-12-27(29,30)13-33/h4-9H,1,10-14H2,2-3H3,(H,32,37)/t26-/m1/s1. The zero-order chi connectivity index (χ0) is 28.1.